The van der Waals surface area contributed by atoms with Gasteiger partial charge in [-0.05, 0) is 54.8 Å². The van der Waals surface area contributed by atoms with Gasteiger partial charge in [-0.2, -0.15) is 4.99 Å². The normalized spacial score (nSPS) is 17.8. The molecule has 7 nitrogen and oxygen atoms in total. The van der Waals surface area contributed by atoms with E-state index in [1.807, 2.05) is 0 Å². The lowest BCUT2D eigenvalue weighted by Gasteiger charge is -2.18. The number of carbonyl (C=O) groups excluding carboxylic acids is 3. The van der Waals surface area contributed by atoms with Gasteiger partial charge < -0.3 is 15.1 Å². The Kier molecular flexibility index (Phi) is 7.08. The van der Waals surface area contributed by atoms with Gasteiger partial charge in [-0.15, -0.1) is 0 Å². The zero-order valence-electron chi connectivity index (χ0n) is 18.3. The molecule has 0 bridgehead atoms. The molecule has 1 saturated heterocycles. The number of rotatable bonds is 6. The number of aliphatic imine (C=N–C) groups is 1. The lowest BCUT2D eigenvalue weighted by atomic mass is 10.1. The second kappa shape index (κ2) is 10.2. The molecule has 0 aliphatic carbocycles. The van der Waals surface area contributed by atoms with Crippen LogP contribution in [0.15, 0.2) is 53.5 Å². The Morgan fingerprint density at radius 1 is 1.18 bits per heavy atom. The van der Waals surface area contributed by atoms with Crippen LogP contribution in [0, 0.1) is 5.82 Å². The predicted octanol–water partition coefficient (Wildman–Crippen LogP) is 3.52. The fourth-order valence-corrected chi connectivity index (χ4v) is 4.95. The van der Waals surface area contributed by atoms with Crippen molar-refractivity contribution in [3.05, 3.63) is 65.5 Å². The molecular formula is C24H25FN4O3S. The minimum Gasteiger partial charge on any atom is -0.351 e. The van der Waals surface area contributed by atoms with Crippen molar-refractivity contribution in [1.29, 1.82) is 0 Å². The predicted molar refractivity (Wildman–Crippen MR) is 127 cm³/mol. The van der Waals surface area contributed by atoms with E-state index in [4.69, 9.17) is 0 Å². The number of hydrogen-bond donors (Lipinski definition) is 1. The van der Waals surface area contributed by atoms with Crippen LogP contribution in [0.2, 0.25) is 0 Å². The molecule has 172 valence electrons. The molecule has 1 fully saturated rings. The summed E-state index contributed by atoms with van der Waals surface area (Å²) in [5.74, 6) is -1.10. The topological polar surface area (TPSA) is 82.1 Å². The molecule has 9 heteroatoms. The van der Waals surface area contributed by atoms with E-state index in [2.05, 4.69) is 15.2 Å². The lowest BCUT2D eigenvalue weighted by molar-refractivity contribution is -0.121. The van der Waals surface area contributed by atoms with Gasteiger partial charge in [-0.1, -0.05) is 23.9 Å². The smallest absolute Gasteiger partial charge is 0.262 e. The largest absolute Gasteiger partial charge is 0.351 e. The van der Waals surface area contributed by atoms with Crippen molar-refractivity contribution in [2.24, 2.45) is 4.99 Å². The van der Waals surface area contributed by atoms with Crippen molar-refractivity contribution in [2.75, 3.05) is 25.5 Å². The molecule has 0 radical (unpaired) electrons. The molecule has 3 amide bonds. The molecule has 2 aromatic carbocycles. The first-order valence-electron chi connectivity index (χ1n) is 10.8. The average molecular weight is 469 g/mol. The molecule has 0 spiro atoms. The molecular weight excluding hydrogens is 443 g/mol. The zero-order chi connectivity index (χ0) is 23.4. The number of amidine groups is 1. The molecule has 0 unspecified atom stereocenters. The van der Waals surface area contributed by atoms with Crippen LogP contribution in [-0.2, 0) is 16.1 Å². The Morgan fingerprint density at radius 3 is 2.61 bits per heavy atom. The van der Waals surface area contributed by atoms with E-state index in [1.165, 1.54) is 28.8 Å². The van der Waals surface area contributed by atoms with Crippen LogP contribution in [0.1, 0.15) is 35.2 Å². The summed E-state index contributed by atoms with van der Waals surface area (Å²) in [5.41, 5.74) is 1.70. The Labute approximate surface area is 196 Å². The van der Waals surface area contributed by atoms with Gasteiger partial charge in [0.05, 0.1) is 0 Å². The third-order valence-electron chi connectivity index (χ3n) is 5.55. The van der Waals surface area contributed by atoms with Gasteiger partial charge in [0.25, 0.3) is 11.8 Å². The van der Waals surface area contributed by atoms with Gasteiger partial charge in [-0.25, -0.2) is 4.39 Å². The van der Waals surface area contributed by atoms with E-state index in [1.54, 1.807) is 43.4 Å². The number of likely N-dealkylation sites (tertiary alicyclic amines) is 1. The first-order chi connectivity index (χ1) is 15.9. The van der Waals surface area contributed by atoms with Crippen molar-refractivity contribution in [3.63, 3.8) is 0 Å². The summed E-state index contributed by atoms with van der Waals surface area (Å²) in [4.78, 5) is 45.0. The van der Waals surface area contributed by atoms with Gasteiger partial charge >= 0.3 is 0 Å². The number of nitrogens with zero attached hydrogens (tertiary/aromatic N) is 3. The minimum atomic E-state index is -0.502. The Morgan fingerprint density at radius 2 is 1.91 bits per heavy atom. The number of nitrogens with one attached hydrogen (secondary N) is 1. The van der Waals surface area contributed by atoms with Gasteiger partial charge in [0.2, 0.25) is 5.91 Å². The van der Waals surface area contributed by atoms with Crippen LogP contribution in [0.3, 0.4) is 0 Å². The maximum Gasteiger partial charge on any atom is 0.262 e. The number of amides is 3. The van der Waals surface area contributed by atoms with E-state index in [-0.39, 0.29) is 36.5 Å². The van der Waals surface area contributed by atoms with E-state index < -0.39 is 5.25 Å². The SMILES string of the molecule is CN(Cc1cccc(F)c1)C(=O)c1ccc(NC(=O)C[C@@H]2SC(N3CCCC3)=NC2=O)cc1. The average Bonchev–Trinajstić information content (AvgIpc) is 3.44. The number of halogens is 1. The summed E-state index contributed by atoms with van der Waals surface area (Å²) in [6.07, 6.45) is 2.23. The lowest BCUT2D eigenvalue weighted by Crippen LogP contribution is -2.26. The highest BCUT2D eigenvalue weighted by Crippen LogP contribution is 2.29. The van der Waals surface area contributed by atoms with Gasteiger partial charge in [0, 0.05) is 44.4 Å². The summed E-state index contributed by atoms with van der Waals surface area (Å²) >= 11 is 1.36. The molecule has 4 rings (SSSR count). The molecule has 2 aliphatic rings. The van der Waals surface area contributed by atoms with Crippen LogP contribution in [0.5, 0.6) is 0 Å². The van der Waals surface area contributed by atoms with Crippen LogP contribution in [0.4, 0.5) is 10.1 Å². The van der Waals surface area contributed by atoms with Gasteiger partial charge in [0.1, 0.15) is 11.1 Å². The van der Waals surface area contributed by atoms with Crippen LogP contribution in [-0.4, -0.2) is 58.1 Å². The van der Waals surface area contributed by atoms with Crippen molar-refractivity contribution in [2.45, 2.75) is 31.1 Å². The molecule has 2 heterocycles. The van der Waals surface area contributed by atoms with E-state index >= 15 is 0 Å². The minimum absolute atomic E-state index is 0.0431. The Balaban J connectivity index is 1.28. The molecule has 33 heavy (non-hydrogen) atoms. The molecule has 0 aromatic heterocycles. The highest BCUT2D eigenvalue weighted by Gasteiger charge is 2.33. The number of benzene rings is 2. The van der Waals surface area contributed by atoms with E-state index in [0.717, 1.165) is 31.1 Å². The van der Waals surface area contributed by atoms with E-state index in [9.17, 15) is 18.8 Å². The van der Waals surface area contributed by atoms with Crippen LogP contribution in [0.25, 0.3) is 0 Å². The maximum atomic E-state index is 13.4. The van der Waals surface area contributed by atoms with Crippen molar-refractivity contribution >= 4 is 40.3 Å². The molecule has 2 aromatic rings. The fourth-order valence-electron chi connectivity index (χ4n) is 3.83. The number of anilines is 1. The summed E-state index contributed by atoms with van der Waals surface area (Å²) in [6, 6.07) is 12.7. The second-order valence-electron chi connectivity index (χ2n) is 8.15. The second-order valence-corrected chi connectivity index (χ2v) is 9.32. The van der Waals surface area contributed by atoms with Crippen LogP contribution >= 0.6 is 11.8 Å². The standard InChI is InChI=1S/C24H25FN4O3S/c1-28(15-16-5-4-6-18(25)13-16)23(32)17-7-9-19(10-8-17)26-21(30)14-20-22(31)27-24(33-20)29-11-2-3-12-29/h4-10,13,20H,2-3,11-12,14-15H2,1H3,(H,26,30)/t20-/m0/s1. The fraction of sp³-hybridized carbons (Fsp3) is 0.333. The number of hydrogen-bond acceptors (Lipinski definition) is 5. The molecule has 2 aliphatic heterocycles. The van der Waals surface area contributed by atoms with Crippen molar-refractivity contribution < 1.29 is 18.8 Å². The molecule has 1 atom stereocenters. The first kappa shape index (κ1) is 23.0. The highest BCUT2D eigenvalue weighted by atomic mass is 32.2. The maximum absolute atomic E-state index is 13.4. The third kappa shape index (κ3) is 5.78. The summed E-state index contributed by atoms with van der Waals surface area (Å²) in [5, 5.41) is 3.00. The first-order valence-corrected chi connectivity index (χ1v) is 11.7. The zero-order valence-corrected chi connectivity index (χ0v) is 19.1. The third-order valence-corrected chi connectivity index (χ3v) is 6.76. The summed E-state index contributed by atoms with van der Waals surface area (Å²) in [6.45, 7) is 2.09. The quantitative estimate of drug-likeness (QED) is 0.702. The van der Waals surface area contributed by atoms with Crippen molar-refractivity contribution in [3.8, 4) is 0 Å². The summed E-state index contributed by atoms with van der Waals surface area (Å²) < 4.78 is 13.4. The Hall–Kier alpha value is -3.20. The molecule has 1 N–H and O–H groups in total. The van der Waals surface area contributed by atoms with Crippen LogP contribution < -0.4 is 5.32 Å². The Bertz CT molecular complexity index is 1080. The van der Waals surface area contributed by atoms with Gasteiger partial charge in [0.15, 0.2) is 5.17 Å². The van der Waals surface area contributed by atoms with Gasteiger partial charge in [-0.3, -0.25) is 14.4 Å². The number of carbonyl (C=O) groups is 3. The monoisotopic (exact) mass is 468 g/mol. The molecule has 0 saturated carbocycles. The van der Waals surface area contributed by atoms with E-state index in [0.29, 0.717) is 16.8 Å². The highest BCUT2D eigenvalue weighted by molar-refractivity contribution is 8.15. The number of thioether (sulfide) groups is 1. The summed E-state index contributed by atoms with van der Waals surface area (Å²) in [7, 11) is 1.65. The van der Waals surface area contributed by atoms with Crippen molar-refractivity contribution in [1.82, 2.24) is 9.80 Å².